The van der Waals surface area contributed by atoms with Crippen molar-refractivity contribution in [3.05, 3.63) is 23.5 Å². The van der Waals surface area contributed by atoms with Crippen molar-refractivity contribution in [1.29, 1.82) is 0 Å². The van der Waals surface area contributed by atoms with Gasteiger partial charge in [0.25, 0.3) is 0 Å². The van der Waals surface area contributed by atoms with Crippen molar-refractivity contribution >= 4 is 19.6 Å². The van der Waals surface area contributed by atoms with Crippen LogP contribution in [0.4, 0.5) is 0 Å². The summed E-state index contributed by atoms with van der Waals surface area (Å²) in [5.41, 5.74) is 1.31. The fraction of sp³-hybridized carbons (Fsp3) is 0.222. The Morgan fingerprint density at radius 2 is 1.75 bits per heavy atom. The Bertz CT molecular complexity index is 220. The smallest absolute Gasteiger partial charge is 0.106 e. The van der Waals surface area contributed by atoms with Crippen molar-refractivity contribution in [3.63, 3.8) is 0 Å². The predicted molar refractivity (Wildman–Crippen MR) is 55.4 cm³/mol. The Labute approximate surface area is 73.0 Å². The molecule has 0 spiro atoms. The zero-order chi connectivity index (χ0) is 9.40. The SMILES string of the molecule is C=NC(/C=C\C)=C(\C=N/C)N=C. The second-order valence-corrected chi connectivity index (χ2v) is 1.97. The van der Waals surface area contributed by atoms with Gasteiger partial charge in [0.05, 0.1) is 5.70 Å². The van der Waals surface area contributed by atoms with E-state index in [-0.39, 0.29) is 0 Å². The number of hydrogen-bond acceptors (Lipinski definition) is 3. The van der Waals surface area contributed by atoms with Crippen molar-refractivity contribution < 1.29 is 0 Å². The Kier molecular flexibility index (Phi) is 5.43. The molecule has 0 fully saturated rings. The average Bonchev–Trinajstić information content (AvgIpc) is 2.11. The van der Waals surface area contributed by atoms with Gasteiger partial charge in [0, 0.05) is 13.3 Å². The van der Waals surface area contributed by atoms with Crippen LogP contribution in [0.5, 0.6) is 0 Å². The highest BCUT2D eigenvalue weighted by atomic mass is 14.8. The maximum absolute atomic E-state index is 3.82. The van der Waals surface area contributed by atoms with Gasteiger partial charge in [-0.05, 0) is 26.4 Å². The normalized spacial score (nSPS) is 13.5. The first-order valence-electron chi connectivity index (χ1n) is 3.52. The van der Waals surface area contributed by atoms with Crippen molar-refractivity contribution in [2.24, 2.45) is 15.0 Å². The fourth-order valence-corrected chi connectivity index (χ4v) is 0.687. The molecule has 0 aromatic carbocycles. The summed E-state index contributed by atoms with van der Waals surface area (Å²) in [4.78, 5) is 11.4. The third kappa shape index (κ3) is 3.05. The minimum atomic E-state index is 0.630. The molecule has 0 rings (SSSR count). The van der Waals surface area contributed by atoms with Crippen LogP contribution in [0.2, 0.25) is 0 Å². The molecular weight excluding hydrogens is 150 g/mol. The van der Waals surface area contributed by atoms with Gasteiger partial charge < -0.3 is 0 Å². The third-order valence-electron chi connectivity index (χ3n) is 1.18. The molecule has 0 atom stereocenters. The molecule has 12 heavy (non-hydrogen) atoms. The lowest BCUT2D eigenvalue weighted by Crippen LogP contribution is -1.85. The van der Waals surface area contributed by atoms with E-state index in [1.807, 2.05) is 13.0 Å². The van der Waals surface area contributed by atoms with Gasteiger partial charge in [-0.15, -0.1) is 0 Å². The first kappa shape index (κ1) is 10.5. The molecule has 0 bridgehead atoms. The number of nitrogens with zero attached hydrogens (tertiary/aromatic N) is 3. The summed E-state index contributed by atoms with van der Waals surface area (Å²) < 4.78 is 0. The molecule has 3 nitrogen and oxygen atoms in total. The minimum absolute atomic E-state index is 0.630. The van der Waals surface area contributed by atoms with Gasteiger partial charge in [-0.1, -0.05) is 6.08 Å². The summed E-state index contributed by atoms with van der Waals surface area (Å²) in [6, 6.07) is 0. The standard InChI is InChI=1S/C9H13N3/c1-5-6-8(11-3)9(12-4)7-10-2/h5-7H,3-4H2,1-2H3/b6-5-,9-8+,10-7-. The van der Waals surface area contributed by atoms with Crippen molar-refractivity contribution in [3.8, 4) is 0 Å². The first-order valence-corrected chi connectivity index (χ1v) is 3.52. The molecular formula is C9H13N3. The molecule has 0 radical (unpaired) electrons. The zero-order valence-electron chi connectivity index (χ0n) is 7.49. The van der Waals surface area contributed by atoms with E-state index < -0.39 is 0 Å². The third-order valence-corrected chi connectivity index (χ3v) is 1.18. The second-order valence-electron chi connectivity index (χ2n) is 1.97. The van der Waals surface area contributed by atoms with E-state index in [0.717, 1.165) is 0 Å². The molecule has 0 aromatic rings. The van der Waals surface area contributed by atoms with Crippen LogP contribution in [-0.2, 0) is 0 Å². The number of aliphatic imine (C=N–C) groups is 3. The highest BCUT2D eigenvalue weighted by Gasteiger charge is 1.94. The number of rotatable bonds is 4. The van der Waals surface area contributed by atoms with Crippen LogP contribution < -0.4 is 0 Å². The minimum Gasteiger partial charge on any atom is -0.294 e. The monoisotopic (exact) mass is 163 g/mol. The highest BCUT2D eigenvalue weighted by Crippen LogP contribution is 2.06. The summed E-state index contributed by atoms with van der Waals surface area (Å²) in [7, 11) is 1.67. The highest BCUT2D eigenvalue weighted by molar-refractivity contribution is 5.81. The molecule has 3 heteroatoms. The maximum Gasteiger partial charge on any atom is 0.106 e. The van der Waals surface area contributed by atoms with E-state index in [0.29, 0.717) is 11.4 Å². The molecule has 0 saturated carbocycles. The van der Waals surface area contributed by atoms with Gasteiger partial charge in [-0.3, -0.25) is 15.0 Å². The molecule has 0 unspecified atom stereocenters. The predicted octanol–water partition coefficient (Wildman–Crippen LogP) is 1.88. The van der Waals surface area contributed by atoms with Gasteiger partial charge in [0.15, 0.2) is 0 Å². The molecule has 0 aromatic heterocycles. The van der Waals surface area contributed by atoms with E-state index >= 15 is 0 Å². The second kappa shape index (κ2) is 6.22. The van der Waals surface area contributed by atoms with E-state index in [4.69, 9.17) is 0 Å². The van der Waals surface area contributed by atoms with E-state index in [1.165, 1.54) is 0 Å². The molecule has 0 aliphatic carbocycles. The molecule has 64 valence electrons. The van der Waals surface area contributed by atoms with Crippen LogP contribution in [-0.4, -0.2) is 26.7 Å². The summed E-state index contributed by atoms with van der Waals surface area (Å²) in [5.74, 6) is 0. The molecule has 0 aliphatic heterocycles. The van der Waals surface area contributed by atoms with Gasteiger partial charge in [-0.25, -0.2) is 0 Å². The largest absolute Gasteiger partial charge is 0.294 e. The number of hydrogen-bond donors (Lipinski definition) is 0. The van der Waals surface area contributed by atoms with Crippen LogP contribution in [0.25, 0.3) is 0 Å². The van der Waals surface area contributed by atoms with E-state index in [2.05, 4.69) is 28.4 Å². The van der Waals surface area contributed by atoms with Crippen molar-refractivity contribution in [2.45, 2.75) is 6.92 Å². The van der Waals surface area contributed by atoms with Crippen LogP contribution >= 0.6 is 0 Å². The Morgan fingerprint density at radius 3 is 2.08 bits per heavy atom. The van der Waals surface area contributed by atoms with Crippen molar-refractivity contribution in [1.82, 2.24) is 0 Å². The van der Waals surface area contributed by atoms with Gasteiger partial charge in [-0.2, -0.15) is 0 Å². The fourth-order valence-electron chi connectivity index (χ4n) is 0.687. The van der Waals surface area contributed by atoms with Gasteiger partial charge in [0.2, 0.25) is 0 Å². The van der Waals surface area contributed by atoms with Crippen LogP contribution in [0.15, 0.2) is 38.5 Å². The van der Waals surface area contributed by atoms with Crippen LogP contribution in [0.1, 0.15) is 6.92 Å². The Balaban J connectivity index is 4.98. The summed E-state index contributed by atoms with van der Waals surface area (Å²) in [6.07, 6.45) is 5.26. The lowest BCUT2D eigenvalue weighted by Gasteiger charge is -1.95. The summed E-state index contributed by atoms with van der Waals surface area (Å²) in [6.45, 7) is 8.73. The topological polar surface area (TPSA) is 37.1 Å². The maximum atomic E-state index is 3.82. The average molecular weight is 163 g/mol. The van der Waals surface area contributed by atoms with Crippen molar-refractivity contribution in [2.75, 3.05) is 7.05 Å². The summed E-state index contributed by atoms with van der Waals surface area (Å²) >= 11 is 0. The Hall–Kier alpha value is -1.51. The lowest BCUT2D eigenvalue weighted by molar-refractivity contribution is 1.31. The molecule has 0 aliphatic rings. The van der Waals surface area contributed by atoms with Gasteiger partial charge >= 0.3 is 0 Å². The quantitative estimate of drug-likeness (QED) is 0.448. The molecule has 0 saturated heterocycles. The van der Waals surface area contributed by atoms with E-state index in [9.17, 15) is 0 Å². The van der Waals surface area contributed by atoms with Crippen LogP contribution in [0.3, 0.4) is 0 Å². The first-order chi connectivity index (χ1) is 5.79. The Morgan fingerprint density at radius 1 is 1.17 bits per heavy atom. The molecule has 0 N–H and O–H groups in total. The molecule has 0 amide bonds. The van der Waals surface area contributed by atoms with Crippen LogP contribution in [0, 0.1) is 0 Å². The van der Waals surface area contributed by atoms with Gasteiger partial charge in [0.1, 0.15) is 5.70 Å². The molecule has 0 heterocycles. The zero-order valence-corrected chi connectivity index (χ0v) is 7.49. The number of allylic oxidation sites excluding steroid dienone is 3. The summed E-state index contributed by atoms with van der Waals surface area (Å²) in [5, 5.41) is 0. The van der Waals surface area contributed by atoms with E-state index in [1.54, 1.807) is 19.3 Å². The lowest BCUT2D eigenvalue weighted by atomic mass is 10.3.